The topological polar surface area (TPSA) is 65.1 Å². The van der Waals surface area contributed by atoms with Gasteiger partial charge >= 0.3 is 5.97 Å². The molecule has 2 unspecified atom stereocenters. The summed E-state index contributed by atoms with van der Waals surface area (Å²) in [5, 5.41) is 0. The zero-order valence-electron chi connectivity index (χ0n) is 14.7. The first-order valence-electron chi connectivity index (χ1n) is 8.21. The number of hydrogen-bond donors (Lipinski definition) is 0. The van der Waals surface area contributed by atoms with Crippen LogP contribution in [0.4, 0.5) is 0 Å². The number of carbonyl (C=O) groups is 2. The van der Waals surface area contributed by atoms with E-state index in [2.05, 4.69) is 0 Å². The summed E-state index contributed by atoms with van der Waals surface area (Å²) in [6.45, 7) is 4.80. The van der Waals surface area contributed by atoms with Gasteiger partial charge < -0.3 is 19.1 Å². The van der Waals surface area contributed by atoms with E-state index in [0.29, 0.717) is 37.6 Å². The number of nitrogens with zero attached hydrogens (tertiary/aromatic N) is 1. The predicted octanol–water partition coefficient (Wildman–Crippen LogP) is 2.25. The average Bonchev–Trinajstić information content (AvgIpc) is 2.91. The highest BCUT2D eigenvalue weighted by Gasteiger charge is 2.44. The van der Waals surface area contributed by atoms with Gasteiger partial charge in [0.25, 0.3) is 0 Å². The molecule has 1 amide bonds. The van der Waals surface area contributed by atoms with E-state index in [1.807, 2.05) is 19.1 Å². The van der Waals surface area contributed by atoms with Crippen LogP contribution in [-0.4, -0.2) is 44.1 Å². The number of esters is 1. The molecule has 0 aliphatic carbocycles. The Kier molecular flexibility index (Phi) is 6.06. The van der Waals surface area contributed by atoms with E-state index in [1.165, 1.54) is 0 Å². The minimum atomic E-state index is -0.397. The zero-order chi connectivity index (χ0) is 17.7. The summed E-state index contributed by atoms with van der Waals surface area (Å²) in [5.74, 6) is 0.351. The fourth-order valence-corrected chi connectivity index (χ4v) is 3.14. The third-order valence-corrected chi connectivity index (χ3v) is 4.42. The van der Waals surface area contributed by atoms with Gasteiger partial charge in [0.05, 0.1) is 32.7 Å². The van der Waals surface area contributed by atoms with Crippen LogP contribution in [0.25, 0.3) is 0 Å². The molecule has 6 nitrogen and oxygen atoms in total. The molecule has 0 bridgehead atoms. The largest absolute Gasteiger partial charge is 0.497 e. The number of methoxy groups -OCH3 is 2. The van der Waals surface area contributed by atoms with Crippen molar-refractivity contribution in [3.05, 3.63) is 23.8 Å². The Balaban J connectivity index is 2.18. The van der Waals surface area contributed by atoms with Gasteiger partial charge in [0.1, 0.15) is 11.5 Å². The minimum Gasteiger partial charge on any atom is -0.497 e. The molecule has 1 aliphatic rings. The summed E-state index contributed by atoms with van der Waals surface area (Å²) in [6, 6.07) is 5.50. The maximum atomic E-state index is 12.6. The third kappa shape index (κ3) is 3.63. The number of likely N-dealkylation sites (tertiary alicyclic amines) is 1. The molecule has 0 radical (unpaired) electrons. The van der Waals surface area contributed by atoms with Crippen molar-refractivity contribution in [1.82, 2.24) is 4.90 Å². The molecule has 132 valence electrons. The molecule has 0 N–H and O–H groups in total. The third-order valence-electron chi connectivity index (χ3n) is 4.42. The van der Waals surface area contributed by atoms with Crippen LogP contribution in [0.5, 0.6) is 11.5 Å². The maximum absolute atomic E-state index is 12.6. The lowest BCUT2D eigenvalue weighted by Gasteiger charge is -2.19. The molecule has 2 atom stereocenters. The van der Waals surface area contributed by atoms with Gasteiger partial charge in [0, 0.05) is 24.7 Å². The van der Waals surface area contributed by atoms with Crippen molar-refractivity contribution in [2.45, 2.75) is 26.8 Å². The monoisotopic (exact) mass is 335 g/mol. The Morgan fingerprint density at radius 3 is 2.58 bits per heavy atom. The van der Waals surface area contributed by atoms with Gasteiger partial charge in [-0.05, 0) is 25.5 Å². The van der Waals surface area contributed by atoms with Crippen molar-refractivity contribution in [1.29, 1.82) is 0 Å². The van der Waals surface area contributed by atoms with E-state index in [1.54, 1.807) is 32.1 Å². The molecule has 1 saturated heterocycles. The van der Waals surface area contributed by atoms with Crippen LogP contribution in [0.1, 0.15) is 25.8 Å². The van der Waals surface area contributed by atoms with Crippen LogP contribution >= 0.6 is 0 Å². The Morgan fingerprint density at radius 2 is 2.00 bits per heavy atom. The highest BCUT2D eigenvalue weighted by Crippen LogP contribution is 2.32. The lowest BCUT2D eigenvalue weighted by Crippen LogP contribution is -2.26. The summed E-state index contributed by atoms with van der Waals surface area (Å²) >= 11 is 0. The number of amides is 1. The molecule has 6 heteroatoms. The molecular formula is C18H25NO5. The fourth-order valence-electron chi connectivity index (χ4n) is 3.14. The summed E-state index contributed by atoms with van der Waals surface area (Å²) in [4.78, 5) is 26.5. The van der Waals surface area contributed by atoms with Gasteiger partial charge in [-0.25, -0.2) is 0 Å². The molecule has 1 aromatic carbocycles. The molecule has 0 aromatic heterocycles. The number of carbonyl (C=O) groups excluding carboxylic acids is 2. The predicted molar refractivity (Wildman–Crippen MR) is 88.9 cm³/mol. The number of hydrogen-bond acceptors (Lipinski definition) is 5. The Hall–Kier alpha value is -2.24. The van der Waals surface area contributed by atoms with Gasteiger partial charge in [-0.1, -0.05) is 6.92 Å². The second kappa shape index (κ2) is 8.04. The van der Waals surface area contributed by atoms with E-state index >= 15 is 0 Å². The maximum Gasteiger partial charge on any atom is 0.311 e. The zero-order valence-corrected chi connectivity index (χ0v) is 14.7. The molecular weight excluding hydrogens is 310 g/mol. The smallest absolute Gasteiger partial charge is 0.311 e. The van der Waals surface area contributed by atoms with Crippen LogP contribution in [0.3, 0.4) is 0 Å². The SMILES string of the molecule is CCOC(=O)C1CN(Cc2ccc(OC)cc2OC)C(=O)C1CC. The summed E-state index contributed by atoms with van der Waals surface area (Å²) in [7, 11) is 3.18. The average molecular weight is 335 g/mol. The Morgan fingerprint density at radius 1 is 1.25 bits per heavy atom. The molecule has 0 spiro atoms. The molecule has 1 aliphatic heterocycles. The number of rotatable bonds is 7. The van der Waals surface area contributed by atoms with Crippen molar-refractivity contribution in [3.8, 4) is 11.5 Å². The molecule has 1 fully saturated rings. The first-order valence-corrected chi connectivity index (χ1v) is 8.21. The highest BCUT2D eigenvalue weighted by atomic mass is 16.5. The van der Waals surface area contributed by atoms with E-state index < -0.39 is 5.92 Å². The van der Waals surface area contributed by atoms with Gasteiger partial charge in [0.2, 0.25) is 5.91 Å². The Bertz CT molecular complexity index is 601. The van der Waals surface area contributed by atoms with E-state index in [0.717, 1.165) is 5.56 Å². The van der Waals surface area contributed by atoms with Crippen molar-refractivity contribution in [3.63, 3.8) is 0 Å². The molecule has 2 rings (SSSR count). The lowest BCUT2D eigenvalue weighted by molar-refractivity contribution is -0.149. The van der Waals surface area contributed by atoms with Crippen LogP contribution in [0, 0.1) is 11.8 Å². The van der Waals surface area contributed by atoms with Crippen LogP contribution in [0.2, 0.25) is 0 Å². The summed E-state index contributed by atoms with van der Waals surface area (Å²) in [5.41, 5.74) is 0.881. The standard InChI is InChI=1S/C18H25NO5/c1-5-14-15(18(21)24-6-2)11-19(17(14)20)10-12-7-8-13(22-3)9-16(12)23-4/h7-9,14-15H,5-6,10-11H2,1-4H3. The minimum absolute atomic E-state index is 0.00609. The van der Waals surface area contributed by atoms with Crippen LogP contribution < -0.4 is 9.47 Å². The summed E-state index contributed by atoms with van der Waals surface area (Å²) < 4.78 is 15.7. The van der Waals surface area contributed by atoms with Gasteiger partial charge in [-0.3, -0.25) is 9.59 Å². The van der Waals surface area contributed by atoms with Gasteiger partial charge in [-0.15, -0.1) is 0 Å². The molecule has 1 heterocycles. The van der Waals surface area contributed by atoms with Crippen molar-refractivity contribution >= 4 is 11.9 Å². The number of benzene rings is 1. The van der Waals surface area contributed by atoms with Crippen LogP contribution in [-0.2, 0) is 20.9 Å². The second-order valence-electron chi connectivity index (χ2n) is 5.77. The first-order chi connectivity index (χ1) is 11.5. The van der Waals surface area contributed by atoms with Crippen LogP contribution in [0.15, 0.2) is 18.2 Å². The van der Waals surface area contributed by atoms with E-state index in [4.69, 9.17) is 14.2 Å². The summed E-state index contributed by atoms with van der Waals surface area (Å²) in [6.07, 6.45) is 0.624. The molecule has 0 saturated carbocycles. The van der Waals surface area contributed by atoms with E-state index in [9.17, 15) is 9.59 Å². The molecule has 1 aromatic rings. The number of ether oxygens (including phenoxy) is 3. The van der Waals surface area contributed by atoms with E-state index in [-0.39, 0.29) is 17.8 Å². The quantitative estimate of drug-likeness (QED) is 0.715. The van der Waals surface area contributed by atoms with Crippen molar-refractivity contribution in [2.75, 3.05) is 27.4 Å². The Labute approximate surface area is 142 Å². The lowest BCUT2D eigenvalue weighted by atomic mass is 9.93. The van der Waals surface area contributed by atoms with Crippen molar-refractivity contribution in [2.24, 2.45) is 11.8 Å². The highest BCUT2D eigenvalue weighted by molar-refractivity contribution is 5.89. The normalized spacial score (nSPS) is 20.2. The second-order valence-corrected chi connectivity index (χ2v) is 5.77. The van der Waals surface area contributed by atoms with Gasteiger partial charge in [-0.2, -0.15) is 0 Å². The molecule has 24 heavy (non-hydrogen) atoms. The fraction of sp³-hybridized carbons (Fsp3) is 0.556. The van der Waals surface area contributed by atoms with Gasteiger partial charge in [0.15, 0.2) is 0 Å². The first kappa shape index (κ1) is 18.1. The van der Waals surface area contributed by atoms with Crippen molar-refractivity contribution < 1.29 is 23.8 Å².